The lowest BCUT2D eigenvalue weighted by molar-refractivity contribution is 0.0953. The molecule has 2 aromatic rings. The molecule has 0 aromatic heterocycles. The summed E-state index contributed by atoms with van der Waals surface area (Å²) in [5.41, 5.74) is 2.53. The van der Waals surface area contributed by atoms with Crippen molar-refractivity contribution >= 4 is 17.5 Å². The summed E-state index contributed by atoms with van der Waals surface area (Å²) in [7, 11) is 0. The SMILES string of the molecule is NNC(=O)c1ccc(OCCOc2ccccc2Cl)cc1. The maximum Gasteiger partial charge on any atom is 0.265 e. The molecule has 0 aliphatic heterocycles. The first-order valence-corrected chi connectivity index (χ1v) is 6.69. The number of nitrogen functional groups attached to an aromatic ring is 1. The molecule has 0 aliphatic rings. The van der Waals surface area contributed by atoms with Crippen molar-refractivity contribution in [3.63, 3.8) is 0 Å². The standard InChI is InChI=1S/C15H15ClN2O3/c16-13-3-1-2-4-14(13)21-10-9-20-12-7-5-11(6-8-12)15(19)18-17/h1-8H,9-10,17H2,(H,18,19). The van der Waals surface area contributed by atoms with E-state index in [0.29, 0.717) is 35.3 Å². The predicted octanol–water partition coefficient (Wildman–Crippen LogP) is 2.40. The Balaban J connectivity index is 1.79. The molecule has 6 heteroatoms. The Morgan fingerprint density at radius 1 is 1.05 bits per heavy atom. The van der Waals surface area contributed by atoms with Gasteiger partial charge in [-0.05, 0) is 36.4 Å². The van der Waals surface area contributed by atoms with E-state index >= 15 is 0 Å². The molecular formula is C15H15ClN2O3. The summed E-state index contributed by atoms with van der Waals surface area (Å²) in [5.74, 6) is 5.97. The molecule has 1 amide bonds. The zero-order valence-electron chi connectivity index (χ0n) is 11.2. The number of ether oxygens (including phenoxy) is 2. The summed E-state index contributed by atoms with van der Waals surface area (Å²) in [4.78, 5) is 11.3. The number of hydrogen-bond acceptors (Lipinski definition) is 4. The van der Waals surface area contributed by atoms with E-state index in [9.17, 15) is 4.79 Å². The summed E-state index contributed by atoms with van der Waals surface area (Å²) in [6.45, 7) is 0.739. The number of hydrazine groups is 1. The molecule has 5 nitrogen and oxygen atoms in total. The van der Waals surface area contributed by atoms with Gasteiger partial charge in [-0.25, -0.2) is 5.84 Å². The summed E-state index contributed by atoms with van der Waals surface area (Å²) >= 11 is 5.97. The number of nitrogens with two attached hydrogens (primary N) is 1. The van der Waals surface area contributed by atoms with Crippen molar-refractivity contribution in [2.45, 2.75) is 0 Å². The molecule has 0 bridgehead atoms. The van der Waals surface area contributed by atoms with E-state index < -0.39 is 0 Å². The second-order valence-corrected chi connectivity index (χ2v) is 4.53. The van der Waals surface area contributed by atoms with Gasteiger partial charge in [0.1, 0.15) is 24.7 Å². The monoisotopic (exact) mass is 306 g/mol. The maximum atomic E-state index is 11.3. The van der Waals surface area contributed by atoms with Crippen LogP contribution >= 0.6 is 11.6 Å². The predicted molar refractivity (Wildman–Crippen MR) is 80.5 cm³/mol. The van der Waals surface area contributed by atoms with Crippen LogP contribution in [0.15, 0.2) is 48.5 Å². The van der Waals surface area contributed by atoms with Crippen LogP contribution in [0.5, 0.6) is 11.5 Å². The van der Waals surface area contributed by atoms with Crippen LogP contribution in [-0.2, 0) is 0 Å². The summed E-state index contributed by atoms with van der Waals surface area (Å²) in [5, 5.41) is 0.564. The molecule has 21 heavy (non-hydrogen) atoms. The number of carbonyl (C=O) groups is 1. The third-order valence-corrected chi connectivity index (χ3v) is 3.01. The van der Waals surface area contributed by atoms with Crippen LogP contribution in [-0.4, -0.2) is 19.1 Å². The van der Waals surface area contributed by atoms with Crippen molar-refractivity contribution in [3.8, 4) is 11.5 Å². The van der Waals surface area contributed by atoms with E-state index in [1.54, 1.807) is 36.4 Å². The number of rotatable bonds is 6. The minimum atomic E-state index is -0.344. The highest BCUT2D eigenvalue weighted by Gasteiger charge is 2.03. The van der Waals surface area contributed by atoms with Crippen LogP contribution in [0.1, 0.15) is 10.4 Å². The fourth-order valence-corrected chi connectivity index (χ4v) is 1.85. The number of hydrogen-bond donors (Lipinski definition) is 2. The first kappa shape index (κ1) is 15.2. The first-order chi connectivity index (χ1) is 10.2. The molecule has 0 saturated carbocycles. The lowest BCUT2D eigenvalue weighted by atomic mass is 10.2. The lowest BCUT2D eigenvalue weighted by Gasteiger charge is -2.09. The first-order valence-electron chi connectivity index (χ1n) is 6.32. The largest absolute Gasteiger partial charge is 0.490 e. The van der Waals surface area contributed by atoms with Crippen LogP contribution in [0.2, 0.25) is 5.02 Å². The van der Waals surface area contributed by atoms with Crippen LogP contribution in [0.3, 0.4) is 0 Å². The van der Waals surface area contributed by atoms with Gasteiger partial charge in [0.2, 0.25) is 0 Å². The fraction of sp³-hybridized carbons (Fsp3) is 0.133. The molecule has 0 heterocycles. The average molecular weight is 307 g/mol. The van der Waals surface area contributed by atoms with Gasteiger partial charge in [0, 0.05) is 5.56 Å². The van der Waals surface area contributed by atoms with E-state index in [0.717, 1.165) is 0 Å². The molecule has 0 unspecified atom stereocenters. The third kappa shape index (κ3) is 4.37. The van der Waals surface area contributed by atoms with Crippen molar-refractivity contribution in [1.82, 2.24) is 5.43 Å². The number of nitrogens with one attached hydrogen (secondary N) is 1. The minimum Gasteiger partial charge on any atom is -0.490 e. The van der Waals surface area contributed by atoms with Gasteiger partial charge in [0.05, 0.1) is 5.02 Å². The minimum absolute atomic E-state index is 0.344. The Bertz CT molecular complexity index is 602. The number of carbonyl (C=O) groups excluding carboxylic acids is 1. The van der Waals surface area contributed by atoms with Crippen LogP contribution in [0, 0.1) is 0 Å². The van der Waals surface area contributed by atoms with E-state index in [2.05, 4.69) is 5.43 Å². The molecule has 0 saturated heterocycles. The van der Waals surface area contributed by atoms with Crippen molar-refractivity contribution < 1.29 is 14.3 Å². The number of para-hydroxylation sites is 1. The van der Waals surface area contributed by atoms with Crippen molar-refractivity contribution in [3.05, 3.63) is 59.1 Å². The molecule has 0 aliphatic carbocycles. The molecular weight excluding hydrogens is 292 g/mol. The van der Waals surface area contributed by atoms with Gasteiger partial charge < -0.3 is 9.47 Å². The molecule has 110 valence electrons. The maximum absolute atomic E-state index is 11.3. The number of halogens is 1. The van der Waals surface area contributed by atoms with E-state index in [1.807, 2.05) is 12.1 Å². The van der Waals surface area contributed by atoms with Gasteiger partial charge in [-0.3, -0.25) is 10.2 Å². The Labute approximate surface area is 127 Å². The fourth-order valence-electron chi connectivity index (χ4n) is 1.66. The topological polar surface area (TPSA) is 73.6 Å². The molecule has 0 fully saturated rings. The number of benzene rings is 2. The van der Waals surface area contributed by atoms with Crippen molar-refractivity contribution in [2.24, 2.45) is 5.84 Å². The van der Waals surface area contributed by atoms with E-state index in [-0.39, 0.29) is 5.91 Å². The van der Waals surface area contributed by atoms with E-state index in [4.69, 9.17) is 26.9 Å². The molecule has 2 rings (SSSR count). The Morgan fingerprint density at radius 3 is 2.38 bits per heavy atom. The van der Waals surface area contributed by atoms with Gasteiger partial charge in [-0.15, -0.1) is 0 Å². The van der Waals surface area contributed by atoms with Crippen molar-refractivity contribution in [2.75, 3.05) is 13.2 Å². The van der Waals surface area contributed by atoms with Gasteiger partial charge in [0.25, 0.3) is 5.91 Å². The van der Waals surface area contributed by atoms with Crippen molar-refractivity contribution in [1.29, 1.82) is 0 Å². The Kier molecular flexibility index (Phi) is 5.43. The van der Waals surface area contributed by atoms with Crippen LogP contribution in [0.25, 0.3) is 0 Å². The normalized spacial score (nSPS) is 10.0. The van der Waals surface area contributed by atoms with Gasteiger partial charge in [0.15, 0.2) is 0 Å². The molecule has 0 atom stereocenters. The molecule has 0 radical (unpaired) electrons. The van der Waals surface area contributed by atoms with Gasteiger partial charge in [-0.2, -0.15) is 0 Å². The van der Waals surface area contributed by atoms with Gasteiger partial charge in [-0.1, -0.05) is 23.7 Å². The highest BCUT2D eigenvalue weighted by molar-refractivity contribution is 6.32. The molecule has 0 spiro atoms. The molecule has 3 N–H and O–H groups in total. The summed E-state index contributed by atoms with van der Waals surface area (Å²) < 4.78 is 11.0. The zero-order chi connectivity index (χ0) is 15.1. The zero-order valence-corrected chi connectivity index (χ0v) is 12.0. The Hall–Kier alpha value is -2.24. The Morgan fingerprint density at radius 2 is 1.71 bits per heavy atom. The third-order valence-electron chi connectivity index (χ3n) is 2.69. The van der Waals surface area contributed by atoms with Crippen LogP contribution in [0.4, 0.5) is 0 Å². The highest BCUT2D eigenvalue weighted by Crippen LogP contribution is 2.22. The van der Waals surface area contributed by atoms with E-state index in [1.165, 1.54) is 0 Å². The summed E-state index contributed by atoms with van der Waals surface area (Å²) in [6.07, 6.45) is 0. The quantitative estimate of drug-likeness (QED) is 0.372. The lowest BCUT2D eigenvalue weighted by Crippen LogP contribution is -2.29. The van der Waals surface area contributed by atoms with Gasteiger partial charge >= 0.3 is 0 Å². The summed E-state index contributed by atoms with van der Waals surface area (Å²) in [6, 6.07) is 13.9. The molecule has 2 aromatic carbocycles. The average Bonchev–Trinajstić information content (AvgIpc) is 2.53. The highest BCUT2D eigenvalue weighted by atomic mass is 35.5. The smallest absolute Gasteiger partial charge is 0.265 e. The second kappa shape index (κ2) is 7.52. The van der Waals surface area contributed by atoms with Crippen LogP contribution < -0.4 is 20.7 Å². The second-order valence-electron chi connectivity index (χ2n) is 4.13. The number of amides is 1.